The van der Waals surface area contributed by atoms with Gasteiger partial charge >= 0.3 is 5.97 Å². The smallest absolute Gasteiger partial charge is 0.307 e. The second-order valence-corrected chi connectivity index (χ2v) is 3.78. The van der Waals surface area contributed by atoms with Gasteiger partial charge in [-0.25, -0.2) is 0 Å². The van der Waals surface area contributed by atoms with Crippen LogP contribution in [0.1, 0.15) is 19.3 Å². The maximum absolute atomic E-state index is 11.3. The average Bonchev–Trinajstić information content (AvgIpc) is 2.96. The van der Waals surface area contributed by atoms with Crippen molar-refractivity contribution in [3.05, 3.63) is 0 Å². The van der Waals surface area contributed by atoms with Crippen molar-refractivity contribution in [3.63, 3.8) is 0 Å². The maximum atomic E-state index is 11.3. The molecule has 0 aromatic rings. The fraction of sp³-hybridized carbons (Fsp3) is 0.800. The Kier molecular flexibility index (Phi) is 4.55. The molecule has 0 aliphatic heterocycles. The van der Waals surface area contributed by atoms with Crippen LogP contribution in [0.2, 0.25) is 0 Å². The van der Waals surface area contributed by atoms with Gasteiger partial charge in [-0.05, 0) is 19.3 Å². The van der Waals surface area contributed by atoms with Crippen molar-refractivity contribution in [1.29, 1.82) is 0 Å². The molecule has 1 saturated carbocycles. The molecule has 0 spiro atoms. The van der Waals surface area contributed by atoms with Crippen molar-refractivity contribution in [2.75, 3.05) is 20.3 Å². The van der Waals surface area contributed by atoms with Crippen LogP contribution in [0.5, 0.6) is 0 Å². The molecule has 2 atom stereocenters. The Labute approximate surface area is 88.8 Å². The SMILES string of the molecule is COCCCCNC(=O)[C@@H]1C[C@@H]1C(=O)O. The quantitative estimate of drug-likeness (QED) is 0.597. The highest BCUT2D eigenvalue weighted by Crippen LogP contribution is 2.38. The molecule has 0 radical (unpaired) electrons. The zero-order chi connectivity index (χ0) is 11.3. The highest BCUT2D eigenvalue weighted by atomic mass is 16.5. The predicted molar refractivity (Wildman–Crippen MR) is 53.4 cm³/mol. The Morgan fingerprint density at radius 2 is 2.13 bits per heavy atom. The molecular weight excluding hydrogens is 198 g/mol. The third kappa shape index (κ3) is 3.87. The van der Waals surface area contributed by atoms with Gasteiger partial charge in [-0.1, -0.05) is 0 Å². The van der Waals surface area contributed by atoms with Crippen LogP contribution in [0.25, 0.3) is 0 Å². The lowest BCUT2D eigenvalue weighted by atomic mass is 10.3. The molecule has 0 aromatic heterocycles. The van der Waals surface area contributed by atoms with Crippen LogP contribution in [0.3, 0.4) is 0 Å². The molecule has 1 aliphatic carbocycles. The normalized spacial score (nSPS) is 23.5. The molecule has 0 unspecified atom stereocenters. The second kappa shape index (κ2) is 5.70. The summed E-state index contributed by atoms with van der Waals surface area (Å²) in [6.45, 7) is 1.29. The monoisotopic (exact) mass is 215 g/mol. The van der Waals surface area contributed by atoms with E-state index in [1.165, 1.54) is 0 Å². The third-order valence-electron chi connectivity index (χ3n) is 2.52. The van der Waals surface area contributed by atoms with Crippen LogP contribution in [0, 0.1) is 11.8 Å². The van der Waals surface area contributed by atoms with Gasteiger partial charge in [0.2, 0.25) is 5.91 Å². The molecule has 15 heavy (non-hydrogen) atoms. The zero-order valence-electron chi connectivity index (χ0n) is 8.86. The van der Waals surface area contributed by atoms with Crippen molar-refractivity contribution in [1.82, 2.24) is 5.32 Å². The van der Waals surface area contributed by atoms with Gasteiger partial charge in [0.05, 0.1) is 11.8 Å². The summed E-state index contributed by atoms with van der Waals surface area (Å²) in [6, 6.07) is 0. The summed E-state index contributed by atoms with van der Waals surface area (Å²) >= 11 is 0. The molecule has 5 nitrogen and oxygen atoms in total. The van der Waals surface area contributed by atoms with Crippen LogP contribution >= 0.6 is 0 Å². The Balaban J connectivity index is 2.03. The number of methoxy groups -OCH3 is 1. The maximum Gasteiger partial charge on any atom is 0.307 e. The number of aliphatic carboxylic acids is 1. The number of rotatable bonds is 7. The van der Waals surface area contributed by atoms with Gasteiger partial charge in [-0.2, -0.15) is 0 Å². The van der Waals surface area contributed by atoms with Crippen LogP contribution in [-0.4, -0.2) is 37.2 Å². The lowest BCUT2D eigenvalue weighted by Crippen LogP contribution is -2.27. The summed E-state index contributed by atoms with van der Waals surface area (Å²) < 4.78 is 4.87. The number of carbonyl (C=O) groups is 2. The lowest BCUT2D eigenvalue weighted by Gasteiger charge is -2.03. The first-order valence-electron chi connectivity index (χ1n) is 5.16. The molecule has 0 heterocycles. The molecule has 5 heteroatoms. The molecule has 0 aromatic carbocycles. The van der Waals surface area contributed by atoms with E-state index in [2.05, 4.69) is 5.32 Å². The van der Waals surface area contributed by atoms with Crippen molar-refractivity contribution in [3.8, 4) is 0 Å². The van der Waals surface area contributed by atoms with Crippen molar-refractivity contribution in [2.24, 2.45) is 11.8 Å². The van der Waals surface area contributed by atoms with Crippen LogP contribution in [-0.2, 0) is 14.3 Å². The number of unbranched alkanes of at least 4 members (excludes halogenated alkanes) is 1. The molecule has 1 fully saturated rings. The summed E-state index contributed by atoms with van der Waals surface area (Å²) in [5.74, 6) is -1.75. The Morgan fingerprint density at radius 1 is 1.40 bits per heavy atom. The molecular formula is C10H17NO4. The summed E-state index contributed by atoms with van der Waals surface area (Å²) in [5.41, 5.74) is 0. The zero-order valence-corrected chi connectivity index (χ0v) is 8.86. The minimum Gasteiger partial charge on any atom is -0.481 e. The van der Waals surface area contributed by atoms with Gasteiger partial charge in [-0.3, -0.25) is 9.59 Å². The van der Waals surface area contributed by atoms with Gasteiger partial charge in [-0.15, -0.1) is 0 Å². The first-order valence-corrected chi connectivity index (χ1v) is 5.16. The number of ether oxygens (including phenoxy) is 1. The summed E-state index contributed by atoms with van der Waals surface area (Å²) in [5, 5.41) is 11.3. The van der Waals surface area contributed by atoms with Crippen LogP contribution < -0.4 is 5.32 Å². The number of hydrogen-bond donors (Lipinski definition) is 2. The van der Waals surface area contributed by atoms with E-state index in [4.69, 9.17) is 9.84 Å². The van der Waals surface area contributed by atoms with E-state index in [1.807, 2.05) is 0 Å². The number of carboxylic acids is 1. The van der Waals surface area contributed by atoms with Crippen molar-refractivity contribution < 1.29 is 19.4 Å². The minimum atomic E-state index is -0.866. The Morgan fingerprint density at radius 3 is 2.67 bits per heavy atom. The number of carboxylic acid groups (broad SMARTS) is 1. The highest BCUT2D eigenvalue weighted by Gasteiger charge is 2.48. The van der Waals surface area contributed by atoms with Gasteiger partial charge in [0, 0.05) is 20.3 Å². The van der Waals surface area contributed by atoms with E-state index in [0.717, 1.165) is 12.8 Å². The third-order valence-corrected chi connectivity index (χ3v) is 2.52. The van der Waals surface area contributed by atoms with E-state index >= 15 is 0 Å². The standard InChI is InChI=1S/C10H17NO4/c1-15-5-3-2-4-11-9(12)7-6-8(7)10(13)14/h7-8H,2-6H2,1H3,(H,11,12)(H,13,14)/t7-,8+/m1/s1. The summed E-state index contributed by atoms with van der Waals surface area (Å²) in [4.78, 5) is 21.8. The van der Waals surface area contributed by atoms with Crippen LogP contribution in [0.15, 0.2) is 0 Å². The molecule has 0 saturated heterocycles. The Bertz CT molecular complexity index is 242. The second-order valence-electron chi connectivity index (χ2n) is 3.78. The Hall–Kier alpha value is -1.10. The van der Waals surface area contributed by atoms with E-state index in [9.17, 15) is 9.59 Å². The topological polar surface area (TPSA) is 75.6 Å². The lowest BCUT2D eigenvalue weighted by molar-refractivity contribution is -0.140. The van der Waals surface area contributed by atoms with Crippen LogP contribution in [0.4, 0.5) is 0 Å². The molecule has 1 rings (SSSR count). The summed E-state index contributed by atoms with van der Waals surface area (Å²) in [7, 11) is 1.64. The molecule has 1 amide bonds. The van der Waals surface area contributed by atoms with E-state index in [0.29, 0.717) is 19.6 Å². The predicted octanol–water partition coefficient (Wildman–Crippen LogP) is 0.250. The van der Waals surface area contributed by atoms with Gasteiger partial charge in [0.15, 0.2) is 0 Å². The van der Waals surface area contributed by atoms with Crippen molar-refractivity contribution in [2.45, 2.75) is 19.3 Å². The fourth-order valence-corrected chi connectivity index (χ4v) is 1.47. The number of amides is 1. The average molecular weight is 215 g/mol. The highest BCUT2D eigenvalue weighted by molar-refractivity contribution is 5.89. The minimum absolute atomic E-state index is 0.125. The summed E-state index contributed by atoms with van der Waals surface area (Å²) in [6.07, 6.45) is 2.26. The van der Waals surface area contributed by atoms with Crippen molar-refractivity contribution >= 4 is 11.9 Å². The first-order chi connectivity index (χ1) is 7.16. The molecule has 1 aliphatic rings. The van der Waals surface area contributed by atoms with E-state index in [1.54, 1.807) is 7.11 Å². The number of carbonyl (C=O) groups excluding carboxylic acids is 1. The van der Waals surface area contributed by atoms with Gasteiger partial charge < -0.3 is 15.2 Å². The molecule has 0 bridgehead atoms. The first kappa shape index (κ1) is 12.0. The van der Waals surface area contributed by atoms with Gasteiger partial charge in [0.1, 0.15) is 0 Å². The van der Waals surface area contributed by atoms with E-state index in [-0.39, 0.29) is 11.8 Å². The van der Waals surface area contributed by atoms with Gasteiger partial charge in [0.25, 0.3) is 0 Å². The molecule has 86 valence electrons. The largest absolute Gasteiger partial charge is 0.481 e. The number of hydrogen-bond acceptors (Lipinski definition) is 3. The number of nitrogens with one attached hydrogen (secondary N) is 1. The fourth-order valence-electron chi connectivity index (χ4n) is 1.47. The van der Waals surface area contributed by atoms with E-state index < -0.39 is 11.9 Å². The molecule has 2 N–H and O–H groups in total.